The van der Waals surface area contributed by atoms with E-state index in [0.29, 0.717) is 6.42 Å². The van der Waals surface area contributed by atoms with Gasteiger partial charge in [0.25, 0.3) is 0 Å². The second-order valence-corrected chi connectivity index (χ2v) is 23.8. The van der Waals surface area contributed by atoms with E-state index in [-0.39, 0.29) is 17.3 Å². The van der Waals surface area contributed by atoms with Crippen LogP contribution < -0.4 is 0 Å². The largest absolute Gasteiger partial charge is 0.465 e. The Kier molecular flexibility index (Phi) is 54.2. The molecule has 0 aromatic heterocycles. The second-order valence-electron chi connectivity index (χ2n) is 22.2. The van der Waals surface area contributed by atoms with E-state index in [1.165, 1.54) is 321 Å². The van der Waals surface area contributed by atoms with E-state index in [1.54, 1.807) is 0 Å². The number of esters is 1. The first kappa shape index (κ1) is 67.7. The molecule has 0 fully saturated rings. The number of thioether (sulfide) groups is 1. The molecule has 0 saturated heterocycles. The number of hydrogen-bond acceptors (Lipinski definition) is 6. The van der Waals surface area contributed by atoms with Crippen LogP contribution in [0.3, 0.4) is 0 Å². The van der Waals surface area contributed by atoms with Gasteiger partial charge in [0.15, 0.2) is 0 Å². The van der Waals surface area contributed by atoms with Crippen molar-refractivity contribution in [1.82, 2.24) is 0 Å². The van der Waals surface area contributed by atoms with Crippen molar-refractivity contribution in [2.75, 3.05) is 32.2 Å². The third-order valence-corrected chi connectivity index (χ3v) is 17.1. The van der Waals surface area contributed by atoms with E-state index in [9.17, 15) is 20.1 Å². The molecule has 0 bridgehead atoms. The molecule has 0 aliphatic rings. The van der Waals surface area contributed by atoms with Gasteiger partial charge in [-0.1, -0.05) is 323 Å². The minimum Gasteiger partial charge on any atom is -0.465 e. The Bertz CT molecular complexity index is 927. The maximum atomic E-state index is 13.0. The predicted molar refractivity (Wildman–Crippen MR) is 302 cm³/mol. The summed E-state index contributed by atoms with van der Waals surface area (Å²) in [6, 6.07) is 0. The van der Waals surface area contributed by atoms with Crippen molar-refractivity contribution in [3.63, 3.8) is 0 Å². The summed E-state index contributed by atoms with van der Waals surface area (Å²) >= 11 is 2.06. The Labute approximate surface area is 431 Å². The first-order valence-electron chi connectivity index (χ1n) is 31.1. The zero-order valence-electron chi connectivity index (χ0n) is 46.7. The average Bonchev–Trinajstić information content (AvgIpc) is 3.35. The van der Waals surface area contributed by atoms with Gasteiger partial charge in [0.1, 0.15) is 6.61 Å². The number of hydrogen-bond donors (Lipinski definition) is 3. The monoisotopic (exact) mass is 981 g/mol. The quantitative estimate of drug-likeness (QED) is 0.0416. The van der Waals surface area contributed by atoms with Crippen molar-refractivity contribution in [1.29, 1.82) is 0 Å². The van der Waals surface area contributed by atoms with Gasteiger partial charge in [0.2, 0.25) is 0 Å². The number of aliphatic hydroxyl groups excluding tert-OH is 3. The van der Waals surface area contributed by atoms with Crippen molar-refractivity contribution >= 4 is 17.7 Å². The summed E-state index contributed by atoms with van der Waals surface area (Å²) in [4.78, 5) is 13.0. The van der Waals surface area contributed by atoms with Gasteiger partial charge in [-0.3, -0.25) is 4.79 Å². The summed E-state index contributed by atoms with van der Waals surface area (Å²) in [6.45, 7) is 5.51. The lowest BCUT2D eigenvalue weighted by Crippen LogP contribution is -2.39. The fourth-order valence-corrected chi connectivity index (χ4v) is 11.9. The van der Waals surface area contributed by atoms with Gasteiger partial charge in [-0.15, -0.1) is 0 Å². The molecule has 0 aliphatic carbocycles. The van der Waals surface area contributed by atoms with Crippen LogP contribution in [0.1, 0.15) is 348 Å². The van der Waals surface area contributed by atoms with Gasteiger partial charge in [0.05, 0.1) is 31.7 Å². The molecular formula is C62H124O5S. The van der Waals surface area contributed by atoms with Crippen LogP contribution in [-0.4, -0.2) is 58.2 Å². The summed E-state index contributed by atoms with van der Waals surface area (Å²) in [5.41, 5.74) is -1.18. The number of rotatable bonds is 59. The highest BCUT2D eigenvalue weighted by atomic mass is 32.2. The fourth-order valence-electron chi connectivity index (χ4n) is 10.3. The van der Waals surface area contributed by atoms with Crippen LogP contribution in [-0.2, 0) is 9.53 Å². The normalized spacial score (nSPS) is 12.1. The first-order valence-corrected chi connectivity index (χ1v) is 32.1. The summed E-state index contributed by atoms with van der Waals surface area (Å²) in [5, 5.41) is 29.3. The average molecular weight is 982 g/mol. The molecule has 0 aromatic carbocycles. The highest BCUT2D eigenvalue weighted by molar-refractivity contribution is 8.00. The molecule has 6 heteroatoms. The molecule has 0 amide bonds. The summed E-state index contributed by atoms with van der Waals surface area (Å²) in [6.07, 6.45) is 69.6. The van der Waals surface area contributed by atoms with Crippen molar-refractivity contribution in [3.05, 3.63) is 0 Å². The molecule has 0 aliphatic heterocycles. The van der Waals surface area contributed by atoms with Crippen LogP contribution >= 0.6 is 11.8 Å². The number of aliphatic hydroxyl groups is 3. The molecule has 0 atom stereocenters. The number of unbranched alkanes of at least 4 members (excludes halogenated alkanes) is 44. The predicted octanol–water partition coefficient (Wildman–Crippen LogP) is 19.9. The van der Waals surface area contributed by atoms with E-state index in [1.807, 2.05) is 0 Å². The Hall–Kier alpha value is -0.300. The summed E-state index contributed by atoms with van der Waals surface area (Å²) in [7, 11) is 0. The topological polar surface area (TPSA) is 87.0 Å². The first-order chi connectivity index (χ1) is 33.5. The van der Waals surface area contributed by atoms with Gasteiger partial charge in [0, 0.05) is 10.5 Å². The van der Waals surface area contributed by atoms with Crippen LogP contribution in [0, 0.1) is 5.41 Å². The third-order valence-electron chi connectivity index (χ3n) is 15.5. The molecule has 0 radical (unpaired) electrons. The van der Waals surface area contributed by atoms with E-state index in [2.05, 4.69) is 32.5 Å². The van der Waals surface area contributed by atoms with Gasteiger partial charge in [-0.05, 0) is 19.3 Å². The van der Waals surface area contributed by atoms with Crippen molar-refractivity contribution in [2.24, 2.45) is 5.41 Å². The van der Waals surface area contributed by atoms with Crippen molar-refractivity contribution in [2.45, 2.75) is 353 Å². The lowest BCUT2D eigenvalue weighted by molar-refractivity contribution is -0.150. The summed E-state index contributed by atoms with van der Waals surface area (Å²) in [5.74, 6) is 0.461. The highest BCUT2D eigenvalue weighted by Gasteiger charge is 2.32. The lowest BCUT2D eigenvalue weighted by Gasteiger charge is -2.34. The minimum absolute atomic E-state index is 0.150. The van der Waals surface area contributed by atoms with Crippen LogP contribution in [0.25, 0.3) is 0 Å². The Morgan fingerprint density at radius 1 is 0.338 bits per heavy atom. The maximum Gasteiger partial charge on any atom is 0.306 e. The molecule has 408 valence electrons. The molecule has 0 aromatic rings. The molecule has 68 heavy (non-hydrogen) atoms. The molecule has 5 nitrogen and oxygen atoms in total. The molecule has 3 N–H and O–H groups in total. The van der Waals surface area contributed by atoms with Crippen molar-refractivity contribution in [3.8, 4) is 0 Å². The van der Waals surface area contributed by atoms with E-state index < -0.39 is 25.2 Å². The fraction of sp³-hybridized carbons (Fsp3) is 0.984. The molecule has 0 saturated carbocycles. The standard InChI is InChI=1S/C62H124O5S/c1-4-7-10-13-16-19-22-25-28-31-34-37-40-43-46-49-53-62(68-55-51-60(66)67-59-61(56-63,57-64)58-65,52-48-45-42-39-36-33-30-27-24-21-18-15-12-9-6-3)54-50-47-44-41-38-35-32-29-26-23-20-17-14-11-8-5-2/h63-65H,4-59H2,1-3H3. The SMILES string of the molecule is CCCCCCCCCCCCCCCCCCC(CCCCCCCCCCCCCCCCC)(CCCCCCCCCCCCCCCCCC)SCCC(=O)OCC(CO)(CO)CO. The Morgan fingerprint density at radius 2 is 0.544 bits per heavy atom. The van der Waals surface area contributed by atoms with Crippen LogP contribution in [0.2, 0.25) is 0 Å². The van der Waals surface area contributed by atoms with Gasteiger partial charge in [-0.2, -0.15) is 11.8 Å². The zero-order chi connectivity index (χ0) is 49.6. The third kappa shape index (κ3) is 45.6. The van der Waals surface area contributed by atoms with Gasteiger partial charge < -0.3 is 20.1 Å². The molecular weight excluding hydrogens is 857 g/mol. The molecule has 0 spiro atoms. The van der Waals surface area contributed by atoms with Crippen molar-refractivity contribution < 1.29 is 24.9 Å². The molecule has 0 unspecified atom stereocenters. The maximum absolute atomic E-state index is 13.0. The smallest absolute Gasteiger partial charge is 0.306 e. The molecule has 0 rings (SSSR count). The Morgan fingerprint density at radius 3 is 0.750 bits per heavy atom. The van der Waals surface area contributed by atoms with E-state index >= 15 is 0 Å². The van der Waals surface area contributed by atoms with Gasteiger partial charge >= 0.3 is 5.97 Å². The number of ether oxygens (including phenoxy) is 1. The Balaban J connectivity index is 5.11. The molecule has 0 heterocycles. The van der Waals surface area contributed by atoms with E-state index in [4.69, 9.17) is 4.74 Å². The zero-order valence-corrected chi connectivity index (χ0v) is 47.5. The highest BCUT2D eigenvalue weighted by Crippen LogP contribution is 2.42. The minimum atomic E-state index is -1.18. The van der Waals surface area contributed by atoms with Crippen LogP contribution in [0.4, 0.5) is 0 Å². The van der Waals surface area contributed by atoms with Crippen LogP contribution in [0.5, 0.6) is 0 Å². The number of carbonyl (C=O) groups excluding carboxylic acids is 1. The number of carbonyl (C=O) groups is 1. The van der Waals surface area contributed by atoms with E-state index in [0.717, 1.165) is 5.75 Å². The lowest BCUT2D eigenvalue weighted by atomic mass is 9.88. The second kappa shape index (κ2) is 54.5. The van der Waals surface area contributed by atoms with Gasteiger partial charge in [-0.25, -0.2) is 0 Å². The van der Waals surface area contributed by atoms with Crippen LogP contribution in [0.15, 0.2) is 0 Å². The summed E-state index contributed by atoms with van der Waals surface area (Å²) < 4.78 is 5.76.